The molecule has 14 heteroatoms. The van der Waals surface area contributed by atoms with Crippen molar-refractivity contribution in [1.82, 2.24) is 40.5 Å². The fourth-order valence-corrected chi connectivity index (χ4v) is 5.27. The van der Waals surface area contributed by atoms with Gasteiger partial charge in [0.15, 0.2) is 0 Å². The number of nitrogens with zero attached hydrogens (tertiary/aromatic N) is 8. The maximum Gasteiger partial charge on any atom is 0.249 e. The lowest BCUT2D eigenvalue weighted by Crippen LogP contribution is -2.46. The molecule has 5 aromatic rings. The van der Waals surface area contributed by atoms with E-state index in [1.54, 1.807) is 49.6 Å². The molecule has 2 aromatic heterocycles. The maximum absolute atomic E-state index is 14.4. The molecule has 0 bridgehead atoms. The van der Waals surface area contributed by atoms with Crippen LogP contribution in [0.3, 0.4) is 0 Å². The molecule has 1 aliphatic heterocycles. The normalized spacial score (nSPS) is 15.2. The molecular formula is C30H31N9O5. The Hall–Kier alpha value is -5.37. The summed E-state index contributed by atoms with van der Waals surface area (Å²) in [5.74, 6) is 0.246. The maximum atomic E-state index is 14.4. The molecule has 2 unspecified atom stereocenters. The van der Waals surface area contributed by atoms with Gasteiger partial charge in [0.1, 0.15) is 41.6 Å². The van der Waals surface area contributed by atoms with Gasteiger partial charge in [0, 0.05) is 24.9 Å². The number of carbonyl (C=O) groups is 2. The van der Waals surface area contributed by atoms with Gasteiger partial charge in [-0.15, -0.1) is 10.2 Å². The predicted molar refractivity (Wildman–Crippen MR) is 158 cm³/mol. The number of benzene rings is 3. The van der Waals surface area contributed by atoms with E-state index in [2.05, 4.69) is 31.2 Å². The number of methoxy groups -OCH3 is 2. The third-order valence-corrected chi connectivity index (χ3v) is 7.48. The predicted octanol–water partition coefficient (Wildman–Crippen LogP) is 2.49. The topological polar surface area (TPSA) is 151 Å². The number of amides is 2. The van der Waals surface area contributed by atoms with Crippen molar-refractivity contribution in [3.05, 3.63) is 78.6 Å². The largest absolute Gasteiger partial charge is 0.497 e. The van der Waals surface area contributed by atoms with Gasteiger partial charge in [0.05, 0.1) is 25.8 Å². The van der Waals surface area contributed by atoms with Crippen LogP contribution in [0.15, 0.2) is 73.1 Å². The molecule has 0 spiro atoms. The molecule has 226 valence electrons. The van der Waals surface area contributed by atoms with Crippen LogP contribution in [0.25, 0.3) is 16.7 Å². The summed E-state index contributed by atoms with van der Waals surface area (Å²) in [6.07, 6.45) is 3.14. The minimum absolute atomic E-state index is 0.0863. The minimum atomic E-state index is -1.06. The van der Waals surface area contributed by atoms with Crippen molar-refractivity contribution in [2.45, 2.75) is 31.5 Å². The second kappa shape index (κ2) is 12.9. The summed E-state index contributed by atoms with van der Waals surface area (Å²) in [6.45, 7) is 0.804. The average molecular weight is 598 g/mol. The minimum Gasteiger partial charge on any atom is -0.497 e. The first-order valence-electron chi connectivity index (χ1n) is 14.1. The number of para-hydroxylation sites is 1. The third kappa shape index (κ3) is 5.92. The van der Waals surface area contributed by atoms with Gasteiger partial charge in [-0.05, 0) is 65.2 Å². The Bertz CT molecular complexity index is 1730. The van der Waals surface area contributed by atoms with Crippen molar-refractivity contribution in [3.63, 3.8) is 0 Å². The Labute approximate surface area is 252 Å². The SMILES string of the molecule is COc1ccc(C(C(=O)NCC2CCCO2)N(C(=O)Cn2nnc3ccccc32)c2ccc(-n3cnnn3)c(OC)c2)cc1. The lowest BCUT2D eigenvalue weighted by atomic mass is 10.0. The Balaban J connectivity index is 1.44. The molecule has 1 aliphatic rings. The van der Waals surface area contributed by atoms with E-state index in [1.165, 1.54) is 27.7 Å². The molecule has 2 amide bonds. The van der Waals surface area contributed by atoms with Gasteiger partial charge >= 0.3 is 0 Å². The van der Waals surface area contributed by atoms with Crippen LogP contribution in [0.2, 0.25) is 0 Å². The van der Waals surface area contributed by atoms with E-state index in [-0.39, 0.29) is 18.6 Å². The first-order valence-corrected chi connectivity index (χ1v) is 14.1. The molecule has 2 atom stereocenters. The lowest BCUT2D eigenvalue weighted by molar-refractivity contribution is -0.127. The van der Waals surface area contributed by atoms with Crippen LogP contribution in [-0.2, 0) is 20.9 Å². The average Bonchev–Trinajstić information content (AvgIpc) is 3.86. The van der Waals surface area contributed by atoms with E-state index in [0.29, 0.717) is 52.6 Å². The first-order chi connectivity index (χ1) is 21.6. The smallest absolute Gasteiger partial charge is 0.249 e. The quantitative estimate of drug-likeness (QED) is 0.240. The van der Waals surface area contributed by atoms with E-state index in [4.69, 9.17) is 14.2 Å². The number of anilines is 1. The Morgan fingerprint density at radius 1 is 1.07 bits per heavy atom. The van der Waals surface area contributed by atoms with Gasteiger partial charge in [-0.3, -0.25) is 14.5 Å². The van der Waals surface area contributed by atoms with E-state index in [9.17, 15) is 9.59 Å². The first kappa shape index (κ1) is 28.7. The highest BCUT2D eigenvalue weighted by Gasteiger charge is 2.34. The fourth-order valence-electron chi connectivity index (χ4n) is 5.27. The molecule has 1 fully saturated rings. The van der Waals surface area contributed by atoms with Crippen LogP contribution < -0.4 is 19.7 Å². The Morgan fingerprint density at radius 2 is 1.91 bits per heavy atom. The van der Waals surface area contributed by atoms with Crippen LogP contribution >= 0.6 is 0 Å². The van der Waals surface area contributed by atoms with Gasteiger partial charge in [0.25, 0.3) is 0 Å². The highest BCUT2D eigenvalue weighted by Crippen LogP contribution is 2.34. The Morgan fingerprint density at radius 3 is 2.64 bits per heavy atom. The lowest BCUT2D eigenvalue weighted by Gasteiger charge is -2.32. The number of aromatic nitrogens is 7. The molecule has 6 rings (SSSR count). The molecule has 0 saturated carbocycles. The molecule has 0 aliphatic carbocycles. The molecule has 3 heterocycles. The molecule has 44 heavy (non-hydrogen) atoms. The molecule has 1 saturated heterocycles. The number of rotatable bonds is 11. The van der Waals surface area contributed by atoms with Crippen LogP contribution in [0.1, 0.15) is 24.4 Å². The summed E-state index contributed by atoms with van der Waals surface area (Å²) in [4.78, 5) is 30.0. The Kier molecular flexibility index (Phi) is 8.41. The van der Waals surface area contributed by atoms with Crippen molar-refractivity contribution in [3.8, 4) is 17.2 Å². The summed E-state index contributed by atoms with van der Waals surface area (Å²) >= 11 is 0. The van der Waals surface area contributed by atoms with E-state index in [1.807, 2.05) is 24.3 Å². The number of hydrogen-bond donors (Lipinski definition) is 1. The highest BCUT2D eigenvalue weighted by molar-refractivity contribution is 6.02. The standard InChI is InChI=1S/C30H31N9O5/c1-42-22-12-9-20(10-13-22)29(30(41)31-17-23-6-5-15-44-23)39(28(40)18-37-25-8-4-3-7-24(25)33-35-37)21-11-14-26(27(16-21)43-2)38-19-32-34-36-38/h3-4,7-14,16,19,23,29H,5-6,15,17-18H2,1-2H3,(H,31,41). The fraction of sp³-hybridized carbons (Fsp3) is 0.300. The van der Waals surface area contributed by atoms with Gasteiger partial charge in [-0.1, -0.05) is 29.5 Å². The van der Waals surface area contributed by atoms with E-state index < -0.39 is 11.9 Å². The summed E-state index contributed by atoms with van der Waals surface area (Å²) in [7, 11) is 3.08. The van der Waals surface area contributed by atoms with Gasteiger partial charge < -0.3 is 19.5 Å². The number of hydrogen-bond acceptors (Lipinski definition) is 10. The number of fused-ring (bicyclic) bond motifs is 1. The number of carbonyl (C=O) groups excluding carboxylic acids is 2. The second-order valence-corrected chi connectivity index (χ2v) is 10.2. The molecular weight excluding hydrogens is 566 g/mol. The van der Waals surface area contributed by atoms with Crippen LogP contribution in [0, 0.1) is 0 Å². The molecule has 14 nitrogen and oxygen atoms in total. The summed E-state index contributed by atoms with van der Waals surface area (Å²) < 4.78 is 19.7. The monoisotopic (exact) mass is 597 g/mol. The van der Waals surface area contributed by atoms with Gasteiger partial charge in [-0.25, -0.2) is 4.68 Å². The van der Waals surface area contributed by atoms with Crippen molar-refractivity contribution >= 4 is 28.5 Å². The highest BCUT2D eigenvalue weighted by atomic mass is 16.5. The second-order valence-electron chi connectivity index (χ2n) is 10.2. The summed E-state index contributed by atoms with van der Waals surface area (Å²) in [6, 6.07) is 18.5. The number of tetrazole rings is 1. The van der Waals surface area contributed by atoms with Crippen LogP contribution in [0.5, 0.6) is 11.5 Å². The van der Waals surface area contributed by atoms with Gasteiger partial charge in [-0.2, -0.15) is 4.68 Å². The van der Waals surface area contributed by atoms with Crippen LogP contribution in [0.4, 0.5) is 5.69 Å². The zero-order chi connectivity index (χ0) is 30.5. The zero-order valence-corrected chi connectivity index (χ0v) is 24.2. The molecule has 1 N–H and O–H groups in total. The third-order valence-electron chi connectivity index (χ3n) is 7.48. The van der Waals surface area contributed by atoms with Crippen molar-refractivity contribution in [2.24, 2.45) is 0 Å². The van der Waals surface area contributed by atoms with Crippen molar-refractivity contribution < 1.29 is 23.8 Å². The molecule has 3 aromatic carbocycles. The van der Waals surface area contributed by atoms with E-state index >= 15 is 0 Å². The van der Waals surface area contributed by atoms with Gasteiger partial charge in [0.2, 0.25) is 11.8 Å². The van der Waals surface area contributed by atoms with E-state index in [0.717, 1.165) is 12.8 Å². The van der Waals surface area contributed by atoms with Crippen molar-refractivity contribution in [1.29, 1.82) is 0 Å². The summed E-state index contributed by atoms with van der Waals surface area (Å²) in [5.41, 5.74) is 2.90. The van der Waals surface area contributed by atoms with Crippen LogP contribution in [-0.4, -0.2) is 80.5 Å². The summed E-state index contributed by atoms with van der Waals surface area (Å²) in [5, 5.41) is 22.8. The number of nitrogens with one attached hydrogen (secondary N) is 1. The number of ether oxygens (including phenoxy) is 3. The van der Waals surface area contributed by atoms with Crippen molar-refractivity contribution in [2.75, 3.05) is 32.3 Å². The zero-order valence-electron chi connectivity index (χ0n) is 24.2. The molecule has 0 radical (unpaired) electrons.